The summed E-state index contributed by atoms with van der Waals surface area (Å²) in [6.07, 6.45) is 1.18. The van der Waals surface area contributed by atoms with Crippen molar-refractivity contribution in [2.75, 3.05) is 19.8 Å². The number of hydrogen-bond donors (Lipinski definition) is 1. The van der Waals surface area contributed by atoms with Crippen LogP contribution in [0, 0.1) is 11.8 Å². The maximum Gasteiger partial charge on any atom is 0.325 e. The second-order valence-electron chi connectivity index (χ2n) is 7.25. The average molecular weight is 386 g/mol. The molecule has 6 heteroatoms. The van der Waals surface area contributed by atoms with E-state index in [0.717, 1.165) is 12.8 Å². The zero-order chi connectivity index (χ0) is 18.2. The summed E-state index contributed by atoms with van der Waals surface area (Å²) < 4.78 is 17.4. The lowest BCUT2D eigenvalue weighted by Gasteiger charge is -2.34. The van der Waals surface area contributed by atoms with E-state index in [2.05, 4.69) is 26.0 Å². The maximum absolute atomic E-state index is 12.1. The molecule has 0 radical (unpaired) electrons. The summed E-state index contributed by atoms with van der Waals surface area (Å²) in [5.41, 5.74) is 7.06. The van der Waals surface area contributed by atoms with Gasteiger partial charge in [0, 0.05) is 13.2 Å². The number of nitrogens with two attached hydrogens (primary N) is 1. The Morgan fingerprint density at radius 1 is 1.27 bits per heavy atom. The first-order chi connectivity index (χ1) is 12.0. The van der Waals surface area contributed by atoms with E-state index in [1.165, 1.54) is 5.56 Å². The molecule has 4 atom stereocenters. The fourth-order valence-electron chi connectivity index (χ4n) is 3.11. The van der Waals surface area contributed by atoms with Crippen molar-refractivity contribution in [3.05, 3.63) is 35.9 Å². The third-order valence-electron chi connectivity index (χ3n) is 4.43. The summed E-state index contributed by atoms with van der Waals surface area (Å²) in [6.45, 7) is 7.51. The number of esters is 1. The zero-order valence-corrected chi connectivity index (χ0v) is 16.7. The van der Waals surface area contributed by atoms with Gasteiger partial charge in [0.2, 0.25) is 0 Å². The Bertz CT molecular complexity index is 526. The molecule has 0 saturated carbocycles. The minimum absolute atomic E-state index is 0. The smallest absolute Gasteiger partial charge is 0.325 e. The summed E-state index contributed by atoms with van der Waals surface area (Å²) in [7, 11) is 0. The normalized spacial score (nSPS) is 27.5. The van der Waals surface area contributed by atoms with Gasteiger partial charge in [-0.15, -0.1) is 12.4 Å². The van der Waals surface area contributed by atoms with E-state index in [1.807, 2.05) is 25.1 Å². The van der Waals surface area contributed by atoms with Crippen LogP contribution in [0.25, 0.3) is 0 Å². The molecule has 1 fully saturated rings. The van der Waals surface area contributed by atoms with Crippen LogP contribution in [0.3, 0.4) is 0 Å². The van der Waals surface area contributed by atoms with E-state index in [0.29, 0.717) is 19.1 Å². The van der Waals surface area contributed by atoms with E-state index in [-0.39, 0.29) is 37.1 Å². The molecule has 1 heterocycles. The highest BCUT2D eigenvalue weighted by atomic mass is 35.5. The molecule has 26 heavy (non-hydrogen) atoms. The van der Waals surface area contributed by atoms with E-state index < -0.39 is 12.0 Å². The van der Waals surface area contributed by atoms with Crippen LogP contribution in [0.5, 0.6) is 0 Å². The van der Waals surface area contributed by atoms with Gasteiger partial charge in [0.05, 0.1) is 12.7 Å². The van der Waals surface area contributed by atoms with Crippen LogP contribution in [-0.2, 0) is 25.4 Å². The highest BCUT2D eigenvalue weighted by Crippen LogP contribution is 2.25. The molecule has 1 aliphatic rings. The van der Waals surface area contributed by atoms with Crippen LogP contribution in [0.2, 0.25) is 0 Å². The molecule has 0 aromatic heterocycles. The molecule has 0 bridgehead atoms. The molecule has 1 saturated heterocycles. The Kier molecular flexibility index (Phi) is 10.2. The van der Waals surface area contributed by atoms with Crippen molar-refractivity contribution in [1.82, 2.24) is 0 Å². The van der Waals surface area contributed by atoms with Crippen molar-refractivity contribution >= 4 is 18.4 Å². The van der Waals surface area contributed by atoms with Crippen LogP contribution in [-0.4, -0.2) is 44.0 Å². The minimum Gasteiger partial charge on any atom is -0.459 e. The molecule has 1 aromatic rings. The third-order valence-corrected chi connectivity index (χ3v) is 4.43. The molecule has 2 N–H and O–H groups in total. The van der Waals surface area contributed by atoms with Crippen LogP contribution in [0.1, 0.15) is 32.8 Å². The predicted molar refractivity (Wildman–Crippen MR) is 104 cm³/mol. The van der Waals surface area contributed by atoms with Gasteiger partial charge < -0.3 is 19.9 Å². The second kappa shape index (κ2) is 11.5. The van der Waals surface area contributed by atoms with Crippen LogP contribution >= 0.6 is 12.4 Å². The summed E-state index contributed by atoms with van der Waals surface area (Å²) >= 11 is 0. The topological polar surface area (TPSA) is 70.8 Å². The van der Waals surface area contributed by atoms with Crippen molar-refractivity contribution in [2.45, 2.75) is 51.9 Å². The van der Waals surface area contributed by atoms with Gasteiger partial charge in [-0.2, -0.15) is 0 Å². The van der Waals surface area contributed by atoms with E-state index in [9.17, 15) is 4.79 Å². The SMILES string of the molecule is CC(C)CO[C@@H]1[C@@H](Cc2ccccc2)CCOC[C@H](N)C(=O)O[C@H]1C.Cl. The van der Waals surface area contributed by atoms with Crippen molar-refractivity contribution in [3.8, 4) is 0 Å². The number of rotatable bonds is 5. The number of carbonyl (C=O) groups is 1. The lowest BCUT2D eigenvalue weighted by molar-refractivity contribution is -0.165. The first kappa shape index (κ1) is 22.9. The van der Waals surface area contributed by atoms with Crippen molar-refractivity contribution in [1.29, 1.82) is 0 Å². The fraction of sp³-hybridized carbons (Fsp3) is 0.650. The fourth-order valence-corrected chi connectivity index (χ4v) is 3.11. The minimum atomic E-state index is -0.737. The Morgan fingerprint density at radius 3 is 2.62 bits per heavy atom. The van der Waals surface area contributed by atoms with Gasteiger partial charge in [0.25, 0.3) is 0 Å². The van der Waals surface area contributed by atoms with E-state index in [4.69, 9.17) is 19.9 Å². The molecular weight excluding hydrogens is 354 g/mol. The van der Waals surface area contributed by atoms with Gasteiger partial charge >= 0.3 is 5.97 Å². The monoisotopic (exact) mass is 385 g/mol. The Balaban J connectivity index is 0.00000338. The van der Waals surface area contributed by atoms with Crippen molar-refractivity contribution in [3.63, 3.8) is 0 Å². The largest absolute Gasteiger partial charge is 0.459 e. The molecular formula is C20H32ClNO4. The van der Waals surface area contributed by atoms with E-state index >= 15 is 0 Å². The molecule has 0 spiro atoms. The Labute approximate surface area is 163 Å². The van der Waals surface area contributed by atoms with Gasteiger partial charge in [0.1, 0.15) is 12.1 Å². The lowest BCUT2D eigenvalue weighted by atomic mass is 9.88. The third kappa shape index (κ3) is 7.23. The summed E-state index contributed by atoms with van der Waals surface area (Å²) in [5.74, 6) is 0.193. The van der Waals surface area contributed by atoms with E-state index in [1.54, 1.807) is 0 Å². The number of halogens is 1. The highest BCUT2D eigenvalue weighted by Gasteiger charge is 2.33. The Hall–Kier alpha value is -1.14. The number of hydrogen-bond acceptors (Lipinski definition) is 5. The number of cyclic esters (lactones) is 1. The highest BCUT2D eigenvalue weighted by molar-refractivity contribution is 5.85. The van der Waals surface area contributed by atoms with Gasteiger partial charge in [0.15, 0.2) is 0 Å². The molecule has 2 rings (SSSR count). The standard InChI is InChI=1S/C20H31NO4.ClH/c1-14(2)12-24-19-15(3)25-20(22)18(21)13-23-10-9-17(19)11-16-7-5-4-6-8-16;/h4-8,14-15,17-19H,9-13,21H2,1-3H3;1H/t15-,17+,18-,19-;/m0./s1. The molecule has 148 valence electrons. The molecule has 1 aliphatic heterocycles. The molecule has 5 nitrogen and oxygen atoms in total. The maximum atomic E-state index is 12.1. The summed E-state index contributed by atoms with van der Waals surface area (Å²) in [4.78, 5) is 12.1. The molecule has 1 aromatic carbocycles. The molecule has 0 amide bonds. The number of ether oxygens (including phenoxy) is 3. The number of carbonyl (C=O) groups excluding carboxylic acids is 1. The Morgan fingerprint density at radius 2 is 1.96 bits per heavy atom. The lowest BCUT2D eigenvalue weighted by Crippen LogP contribution is -2.45. The molecule has 0 aliphatic carbocycles. The van der Waals surface area contributed by atoms with Crippen LogP contribution < -0.4 is 5.73 Å². The average Bonchev–Trinajstić information content (AvgIpc) is 2.58. The van der Waals surface area contributed by atoms with Gasteiger partial charge in [-0.25, -0.2) is 0 Å². The van der Waals surface area contributed by atoms with Gasteiger partial charge in [-0.3, -0.25) is 4.79 Å². The van der Waals surface area contributed by atoms with Gasteiger partial charge in [-0.1, -0.05) is 44.2 Å². The summed E-state index contributed by atoms with van der Waals surface area (Å²) in [6, 6.07) is 9.59. The second-order valence-corrected chi connectivity index (χ2v) is 7.25. The van der Waals surface area contributed by atoms with Crippen LogP contribution in [0.4, 0.5) is 0 Å². The first-order valence-corrected chi connectivity index (χ1v) is 9.16. The quantitative estimate of drug-likeness (QED) is 0.789. The number of benzene rings is 1. The van der Waals surface area contributed by atoms with Crippen molar-refractivity contribution in [2.24, 2.45) is 17.6 Å². The van der Waals surface area contributed by atoms with Crippen LogP contribution in [0.15, 0.2) is 30.3 Å². The molecule has 0 unspecified atom stereocenters. The summed E-state index contributed by atoms with van der Waals surface area (Å²) in [5, 5.41) is 0. The first-order valence-electron chi connectivity index (χ1n) is 9.16. The van der Waals surface area contributed by atoms with Gasteiger partial charge in [-0.05, 0) is 37.2 Å². The van der Waals surface area contributed by atoms with Crippen molar-refractivity contribution < 1.29 is 19.0 Å². The zero-order valence-electron chi connectivity index (χ0n) is 15.9. The predicted octanol–water partition coefficient (Wildman–Crippen LogP) is 2.99.